The highest BCUT2D eigenvalue weighted by Crippen LogP contribution is 2.05. The van der Waals surface area contributed by atoms with E-state index in [0.29, 0.717) is 19.5 Å². The number of hydrogen-bond acceptors (Lipinski definition) is 4. The molecule has 6 heteroatoms. The quantitative estimate of drug-likeness (QED) is 0.690. The van der Waals surface area contributed by atoms with Gasteiger partial charge in [0, 0.05) is 19.0 Å². The van der Waals surface area contributed by atoms with Crippen LogP contribution in [-0.4, -0.2) is 61.5 Å². The summed E-state index contributed by atoms with van der Waals surface area (Å²) in [5.41, 5.74) is 0. The fourth-order valence-electron chi connectivity index (χ4n) is 1.52. The van der Waals surface area contributed by atoms with Crippen LogP contribution in [0.5, 0.6) is 0 Å². The van der Waals surface area contributed by atoms with Crippen LogP contribution in [0.1, 0.15) is 6.42 Å². The molecular formula is C8H16ClNO3S. The summed E-state index contributed by atoms with van der Waals surface area (Å²) in [5.74, 6) is 0.658. The van der Waals surface area contributed by atoms with Gasteiger partial charge in [0.25, 0.3) is 0 Å². The summed E-state index contributed by atoms with van der Waals surface area (Å²) in [6.45, 7) is 1.71. The van der Waals surface area contributed by atoms with Crippen LogP contribution in [0.15, 0.2) is 0 Å². The molecule has 0 spiro atoms. The molecule has 14 heavy (non-hydrogen) atoms. The maximum Gasteiger partial charge on any atom is 0.151 e. The molecule has 0 aromatic heterocycles. The van der Waals surface area contributed by atoms with Gasteiger partial charge in [-0.25, -0.2) is 8.42 Å². The van der Waals surface area contributed by atoms with E-state index in [4.69, 9.17) is 11.6 Å². The minimum atomic E-state index is -2.85. The monoisotopic (exact) mass is 241 g/mol. The molecule has 0 aromatic carbocycles. The lowest BCUT2D eigenvalue weighted by molar-refractivity contribution is 0.134. The fourth-order valence-corrected chi connectivity index (χ4v) is 2.93. The molecule has 0 aromatic rings. The molecule has 1 unspecified atom stereocenters. The number of aliphatic hydroxyl groups excluding tert-OH is 1. The molecular weight excluding hydrogens is 226 g/mol. The highest BCUT2D eigenvalue weighted by atomic mass is 35.5. The average Bonchev–Trinajstić information content (AvgIpc) is 2.28. The Morgan fingerprint density at radius 3 is 2.71 bits per heavy atom. The second-order valence-corrected chi connectivity index (χ2v) is 6.23. The van der Waals surface area contributed by atoms with E-state index in [1.807, 2.05) is 4.90 Å². The van der Waals surface area contributed by atoms with E-state index >= 15 is 0 Å². The lowest BCUT2D eigenvalue weighted by atomic mass is 10.3. The average molecular weight is 242 g/mol. The van der Waals surface area contributed by atoms with Crippen molar-refractivity contribution in [3.8, 4) is 0 Å². The molecule has 1 aliphatic heterocycles. The molecule has 84 valence electrons. The molecule has 1 atom stereocenters. The summed E-state index contributed by atoms with van der Waals surface area (Å²) in [6.07, 6.45) is 0.0922. The number of β-amino-alcohol motifs (C(OH)–C–C–N with tert-alkyl or cyclic N) is 1. The molecule has 1 saturated heterocycles. The van der Waals surface area contributed by atoms with E-state index in [1.165, 1.54) is 0 Å². The van der Waals surface area contributed by atoms with E-state index in [-0.39, 0.29) is 17.4 Å². The predicted octanol–water partition coefficient (Wildman–Crippen LogP) is -0.293. The Morgan fingerprint density at radius 2 is 2.07 bits per heavy atom. The van der Waals surface area contributed by atoms with Crippen LogP contribution in [0.3, 0.4) is 0 Å². The first-order valence-corrected chi connectivity index (χ1v) is 7.06. The van der Waals surface area contributed by atoms with Crippen molar-refractivity contribution in [2.45, 2.75) is 12.5 Å². The first-order chi connectivity index (χ1) is 6.53. The van der Waals surface area contributed by atoms with Crippen LogP contribution >= 0.6 is 11.6 Å². The van der Waals surface area contributed by atoms with E-state index in [0.717, 1.165) is 6.54 Å². The van der Waals surface area contributed by atoms with Crippen LogP contribution in [0.2, 0.25) is 0 Å². The Morgan fingerprint density at radius 1 is 1.36 bits per heavy atom. The van der Waals surface area contributed by atoms with Crippen LogP contribution in [0.25, 0.3) is 0 Å². The molecule has 4 nitrogen and oxygen atoms in total. The third-order valence-electron chi connectivity index (χ3n) is 2.30. The first kappa shape index (κ1) is 12.2. The van der Waals surface area contributed by atoms with Crippen molar-refractivity contribution in [1.82, 2.24) is 4.90 Å². The summed E-state index contributed by atoms with van der Waals surface area (Å²) in [4.78, 5) is 1.96. The number of aliphatic hydroxyl groups is 1. The number of rotatable bonds is 3. The maximum atomic E-state index is 11.3. The zero-order valence-electron chi connectivity index (χ0n) is 8.02. The van der Waals surface area contributed by atoms with E-state index in [2.05, 4.69) is 0 Å². The van der Waals surface area contributed by atoms with E-state index in [1.54, 1.807) is 0 Å². The Bertz CT molecular complexity index is 268. The molecule has 0 amide bonds. The highest BCUT2D eigenvalue weighted by Gasteiger charge is 2.20. The van der Waals surface area contributed by atoms with Crippen LogP contribution in [-0.2, 0) is 9.84 Å². The predicted molar refractivity (Wildman–Crippen MR) is 56.4 cm³/mol. The highest BCUT2D eigenvalue weighted by molar-refractivity contribution is 7.91. The first-order valence-electron chi connectivity index (χ1n) is 4.70. The topological polar surface area (TPSA) is 57.6 Å². The molecule has 1 heterocycles. The third kappa shape index (κ3) is 4.13. The number of hydrogen-bond donors (Lipinski definition) is 1. The van der Waals surface area contributed by atoms with Gasteiger partial charge in [0.2, 0.25) is 0 Å². The number of sulfone groups is 1. The van der Waals surface area contributed by atoms with Crippen molar-refractivity contribution in [2.24, 2.45) is 0 Å². The third-order valence-corrected chi connectivity index (χ3v) is 4.37. The minimum absolute atomic E-state index is 0.196. The summed E-state index contributed by atoms with van der Waals surface area (Å²) < 4.78 is 22.5. The Labute approximate surface area is 89.8 Å². The molecule has 1 aliphatic rings. The fraction of sp³-hybridized carbons (Fsp3) is 1.00. The van der Waals surface area contributed by atoms with Crippen molar-refractivity contribution in [2.75, 3.05) is 37.0 Å². The molecule has 0 saturated carbocycles. The Kier molecular flexibility index (Phi) is 4.63. The van der Waals surface area contributed by atoms with E-state index in [9.17, 15) is 13.5 Å². The molecule has 0 radical (unpaired) electrons. The van der Waals surface area contributed by atoms with Gasteiger partial charge in [-0.05, 0) is 13.0 Å². The molecule has 0 aliphatic carbocycles. The SMILES string of the molecule is O=S1(=O)CCCN(CC(O)CCl)CC1. The Balaban J connectivity index is 2.42. The number of alkyl halides is 1. The van der Waals surface area contributed by atoms with Crippen LogP contribution in [0, 0.1) is 0 Å². The summed E-state index contributed by atoms with van der Waals surface area (Å²) in [7, 11) is -2.85. The lowest BCUT2D eigenvalue weighted by Crippen LogP contribution is -2.35. The van der Waals surface area contributed by atoms with Gasteiger partial charge in [-0.15, -0.1) is 11.6 Å². The van der Waals surface area contributed by atoms with Crippen molar-refractivity contribution in [1.29, 1.82) is 0 Å². The van der Waals surface area contributed by atoms with Crippen LogP contribution in [0.4, 0.5) is 0 Å². The number of nitrogens with zero attached hydrogens (tertiary/aromatic N) is 1. The molecule has 1 N–H and O–H groups in total. The summed E-state index contributed by atoms with van der Waals surface area (Å²) in [5, 5.41) is 9.31. The van der Waals surface area contributed by atoms with Gasteiger partial charge in [-0.1, -0.05) is 0 Å². The second-order valence-electron chi connectivity index (χ2n) is 3.61. The van der Waals surface area contributed by atoms with Crippen molar-refractivity contribution in [3.05, 3.63) is 0 Å². The van der Waals surface area contributed by atoms with Gasteiger partial charge < -0.3 is 5.11 Å². The van der Waals surface area contributed by atoms with Gasteiger partial charge in [0.1, 0.15) is 0 Å². The maximum absolute atomic E-state index is 11.3. The van der Waals surface area contributed by atoms with Crippen molar-refractivity contribution >= 4 is 21.4 Å². The van der Waals surface area contributed by atoms with Gasteiger partial charge in [0.05, 0.1) is 17.6 Å². The smallest absolute Gasteiger partial charge is 0.151 e. The molecule has 1 rings (SSSR count). The van der Waals surface area contributed by atoms with Gasteiger partial charge in [-0.3, -0.25) is 4.90 Å². The molecule has 0 bridgehead atoms. The summed E-state index contributed by atoms with van der Waals surface area (Å²) >= 11 is 5.47. The van der Waals surface area contributed by atoms with Crippen molar-refractivity contribution in [3.63, 3.8) is 0 Å². The normalized spacial score (nSPS) is 25.6. The second kappa shape index (κ2) is 5.30. The lowest BCUT2D eigenvalue weighted by Gasteiger charge is -2.21. The number of halogens is 1. The standard InChI is InChI=1S/C8H16ClNO3S/c9-6-8(11)7-10-2-1-4-14(12,13)5-3-10/h8,11H,1-7H2. The van der Waals surface area contributed by atoms with Gasteiger partial charge >= 0.3 is 0 Å². The molecule has 1 fully saturated rings. The van der Waals surface area contributed by atoms with Crippen molar-refractivity contribution < 1.29 is 13.5 Å². The zero-order valence-corrected chi connectivity index (χ0v) is 9.60. The van der Waals surface area contributed by atoms with E-state index < -0.39 is 15.9 Å². The van der Waals surface area contributed by atoms with Gasteiger partial charge in [0.15, 0.2) is 9.84 Å². The minimum Gasteiger partial charge on any atom is -0.391 e. The Hall–Kier alpha value is 0.160. The van der Waals surface area contributed by atoms with Crippen LogP contribution < -0.4 is 0 Å². The largest absolute Gasteiger partial charge is 0.391 e. The van der Waals surface area contributed by atoms with Gasteiger partial charge in [-0.2, -0.15) is 0 Å². The zero-order chi connectivity index (χ0) is 10.6. The summed E-state index contributed by atoms with van der Waals surface area (Å²) in [6, 6.07) is 0.